The molecule has 1 N–H and O–H groups in total. The van der Waals surface area contributed by atoms with E-state index in [0.717, 1.165) is 5.69 Å². The first-order chi connectivity index (χ1) is 15.8. The summed E-state index contributed by atoms with van der Waals surface area (Å²) < 4.78 is 39.8. The molecule has 33 heavy (non-hydrogen) atoms. The van der Waals surface area contributed by atoms with Crippen molar-refractivity contribution in [1.29, 1.82) is 0 Å². The molecule has 0 aliphatic carbocycles. The Balaban J connectivity index is 1.45. The quantitative estimate of drug-likeness (QED) is 0.665. The summed E-state index contributed by atoms with van der Waals surface area (Å²) in [4.78, 5) is 17.2. The summed E-state index contributed by atoms with van der Waals surface area (Å²) in [6.45, 7) is 6.65. The standard InChI is InChI=1S/C23H28ClN3O5S/c1-16(2)22(25-33(29,30)17-7-8-20-21(15-17)32-14-13-31-20)23(28)27-11-9-26(10-12-27)19-6-4-3-5-18(19)24/h3-8,15-16,22,25H,9-14H2,1-2H3. The van der Waals surface area contributed by atoms with Crippen LogP contribution in [0.2, 0.25) is 5.02 Å². The summed E-state index contributed by atoms with van der Waals surface area (Å²) in [6.07, 6.45) is 0. The lowest BCUT2D eigenvalue weighted by Crippen LogP contribution is -2.56. The van der Waals surface area contributed by atoms with E-state index in [2.05, 4.69) is 9.62 Å². The largest absolute Gasteiger partial charge is 0.486 e. The third-order valence-corrected chi connectivity index (χ3v) is 7.58. The number of carbonyl (C=O) groups is 1. The fourth-order valence-corrected chi connectivity index (χ4v) is 5.58. The van der Waals surface area contributed by atoms with Gasteiger partial charge in [-0.3, -0.25) is 4.79 Å². The predicted octanol–water partition coefficient (Wildman–Crippen LogP) is 2.76. The van der Waals surface area contributed by atoms with Crippen molar-refractivity contribution < 1.29 is 22.7 Å². The molecule has 2 aromatic rings. The van der Waals surface area contributed by atoms with Crippen LogP contribution in [0.5, 0.6) is 11.5 Å². The second-order valence-electron chi connectivity index (χ2n) is 8.41. The number of hydrogen-bond donors (Lipinski definition) is 1. The van der Waals surface area contributed by atoms with Crippen LogP contribution in [0, 0.1) is 5.92 Å². The van der Waals surface area contributed by atoms with E-state index in [4.69, 9.17) is 21.1 Å². The van der Waals surface area contributed by atoms with E-state index in [1.54, 1.807) is 11.0 Å². The van der Waals surface area contributed by atoms with Gasteiger partial charge in [-0.2, -0.15) is 4.72 Å². The molecule has 2 aliphatic rings. The highest BCUT2D eigenvalue weighted by Gasteiger charge is 2.33. The summed E-state index contributed by atoms with van der Waals surface area (Å²) in [5.74, 6) is 0.427. The maximum absolute atomic E-state index is 13.3. The molecule has 0 bridgehead atoms. The SMILES string of the molecule is CC(C)C(NS(=O)(=O)c1ccc2c(c1)OCCO2)C(=O)N1CCN(c2ccccc2Cl)CC1. The van der Waals surface area contributed by atoms with Gasteiger partial charge >= 0.3 is 0 Å². The van der Waals surface area contributed by atoms with E-state index in [0.29, 0.717) is 55.9 Å². The van der Waals surface area contributed by atoms with Gasteiger partial charge in [0.2, 0.25) is 15.9 Å². The van der Waals surface area contributed by atoms with Gasteiger partial charge in [-0.05, 0) is 30.2 Å². The summed E-state index contributed by atoms with van der Waals surface area (Å²) in [7, 11) is -3.94. The fraction of sp³-hybridized carbons (Fsp3) is 0.435. The molecule has 4 rings (SSSR count). The molecular weight excluding hydrogens is 466 g/mol. The molecular formula is C23H28ClN3O5S. The Morgan fingerprint density at radius 1 is 1.00 bits per heavy atom. The summed E-state index contributed by atoms with van der Waals surface area (Å²) >= 11 is 6.31. The van der Waals surface area contributed by atoms with Crippen LogP contribution < -0.4 is 19.1 Å². The minimum atomic E-state index is -3.94. The lowest BCUT2D eigenvalue weighted by Gasteiger charge is -2.38. The molecule has 1 unspecified atom stereocenters. The van der Waals surface area contributed by atoms with E-state index in [9.17, 15) is 13.2 Å². The molecule has 0 aromatic heterocycles. The van der Waals surface area contributed by atoms with Gasteiger partial charge in [-0.25, -0.2) is 8.42 Å². The van der Waals surface area contributed by atoms with Gasteiger partial charge < -0.3 is 19.3 Å². The Labute approximate surface area is 199 Å². The van der Waals surface area contributed by atoms with Gasteiger partial charge in [0.05, 0.1) is 15.6 Å². The van der Waals surface area contributed by atoms with Gasteiger partial charge in [0.15, 0.2) is 11.5 Å². The average molecular weight is 494 g/mol. The maximum Gasteiger partial charge on any atom is 0.241 e. The molecule has 2 aliphatic heterocycles. The van der Waals surface area contributed by atoms with Gasteiger partial charge in [0.1, 0.15) is 19.3 Å². The van der Waals surface area contributed by atoms with Crippen LogP contribution in [0.25, 0.3) is 0 Å². The number of ether oxygens (including phenoxy) is 2. The van der Waals surface area contributed by atoms with Crippen molar-refractivity contribution in [3.63, 3.8) is 0 Å². The molecule has 0 saturated carbocycles. The summed E-state index contributed by atoms with van der Waals surface area (Å²) in [5.41, 5.74) is 0.936. The minimum absolute atomic E-state index is 0.0359. The molecule has 1 amide bonds. The molecule has 0 spiro atoms. The number of carbonyl (C=O) groups excluding carboxylic acids is 1. The van der Waals surface area contributed by atoms with Crippen LogP contribution in [0.3, 0.4) is 0 Å². The van der Waals surface area contributed by atoms with Crippen LogP contribution >= 0.6 is 11.6 Å². The second-order valence-corrected chi connectivity index (χ2v) is 10.5. The van der Waals surface area contributed by atoms with Crippen molar-refractivity contribution in [2.75, 3.05) is 44.3 Å². The predicted molar refractivity (Wildman–Crippen MR) is 127 cm³/mol. The number of nitrogens with zero attached hydrogens (tertiary/aromatic N) is 2. The summed E-state index contributed by atoms with van der Waals surface area (Å²) in [6, 6.07) is 11.2. The number of amides is 1. The normalized spacial score (nSPS) is 17.2. The molecule has 8 nitrogen and oxygen atoms in total. The highest BCUT2D eigenvalue weighted by atomic mass is 35.5. The van der Waals surface area contributed by atoms with E-state index in [-0.39, 0.29) is 16.7 Å². The number of benzene rings is 2. The first kappa shape index (κ1) is 23.7. The molecule has 1 saturated heterocycles. The number of anilines is 1. The zero-order valence-electron chi connectivity index (χ0n) is 18.7. The van der Waals surface area contributed by atoms with Gasteiger partial charge in [0, 0.05) is 32.2 Å². The Bertz CT molecular complexity index is 1120. The minimum Gasteiger partial charge on any atom is -0.486 e. The number of hydrogen-bond acceptors (Lipinski definition) is 6. The van der Waals surface area contributed by atoms with Crippen molar-refractivity contribution >= 4 is 33.2 Å². The number of sulfonamides is 1. The number of halogens is 1. The van der Waals surface area contributed by atoms with E-state index >= 15 is 0 Å². The van der Waals surface area contributed by atoms with Crippen molar-refractivity contribution in [2.45, 2.75) is 24.8 Å². The molecule has 10 heteroatoms. The molecule has 1 atom stereocenters. The Hall–Kier alpha value is -2.49. The zero-order chi connectivity index (χ0) is 23.6. The van der Waals surface area contributed by atoms with Gasteiger partial charge in [-0.1, -0.05) is 37.6 Å². The van der Waals surface area contributed by atoms with E-state index in [1.165, 1.54) is 12.1 Å². The number of fused-ring (bicyclic) bond motifs is 1. The van der Waals surface area contributed by atoms with Crippen molar-refractivity contribution in [3.8, 4) is 11.5 Å². The number of para-hydroxylation sites is 1. The zero-order valence-corrected chi connectivity index (χ0v) is 20.2. The Kier molecular flexibility index (Phi) is 7.02. The number of rotatable bonds is 6. The van der Waals surface area contributed by atoms with Crippen LogP contribution in [-0.4, -0.2) is 64.7 Å². The molecule has 2 heterocycles. The van der Waals surface area contributed by atoms with Gasteiger partial charge in [-0.15, -0.1) is 0 Å². The average Bonchev–Trinajstić information content (AvgIpc) is 2.82. The van der Waals surface area contributed by atoms with Crippen LogP contribution in [0.1, 0.15) is 13.8 Å². The first-order valence-corrected chi connectivity index (χ1v) is 12.8. The lowest BCUT2D eigenvalue weighted by molar-refractivity contribution is -0.134. The first-order valence-electron chi connectivity index (χ1n) is 11.0. The van der Waals surface area contributed by atoms with E-state index in [1.807, 2.05) is 38.1 Å². The van der Waals surface area contributed by atoms with Crippen LogP contribution in [0.4, 0.5) is 5.69 Å². The third kappa shape index (κ3) is 5.20. The fourth-order valence-electron chi connectivity index (χ4n) is 3.97. The van der Waals surface area contributed by atoms with Crippen molar-refractivity contribution in [3.05, 3.63) is 47.5 Å². The highest BCUT2D eigenvalue weighted by Crippen LogP contribution is 2.32. The second kappa shape index (κ2) is 9.79. The molecule has 178 valence electrons. The van der Waals surface area contributed by atoms with Crippen molar-refractivity contribution in [2.24, 2.45) is 5.92 Å². The van der Waals surface area contributed by atoms with Crippen LogP contribution in [0.15, 0.2) is 47.4 Å². The number of piperazine rings is 1. The third-order valence-electron chi connectivity index (χ3n) is 5.82. The maximum atomic E-state index is 13.3. The molecule has 1 fully saturated rings. The topological polar surface area (TPSA) is 88.2 Å². The van der Waals surface area contributed by atoms with Crippen molar-refractivity contribution in [1.82, 2.24) is 9.62 Å². The highest BCUT2D eigenvalue weighted by molar-refractivity contribution is 7.89. The molecule has 0 radical (unpaired) electrons. The lowest BCUT2D eigenvalue weighted by atomic mass is 10.0. The Morgan fingerprint density at radius 2 is 1.67 bits per heavy atom. The summed E-state index contributed by atoms with van der Waals surface area (Å²) in [5, 5.41) is 0.671. The van der Waals surface area contributed by atoms with Gasteiger partial charge in [0.25, 0.3) is 0 Å². The monoisotopic (exact) mass is 493 g/mol. The Morgan fingerprint density at radius 3 is 2.33 bits per heavy atom. The van der Waals surface area contributed by atoms with E-state index < -0.39 is 16.1 Å². The smallest absolute Gasteiger partial charge is 0.241 e. The number of nitrogens with one attached hydrogen (secondary N) is 1. The molecule has 2 aromatic carbocycles. The van der Waals surface area contributed by atoms with Crippen LogP contribution in [-0.2, 0) is 14.8 Å².